The van der Waals surface area contributed by atoms with Crippen molar-refractivity contribution in [3.63, 3.8) is 0 Å². The molecule has 170 valence electrons. The lowest BCUT2D eigenvalue weighted by Gasteiger charge is -2.15. The molecule has 1 aliphatic heterocycles. The molecule has 0 fully saturated rings. The van der Waals surface area contributed by atoms with Crippen molar-refractivity contribution < 1.29 is 0 Å². The topological polar surface area (TPSA) is 31.8 Å². The number of aromatic nitrogens is 2. The van der Waals surface area contributed by atoms with Crippen LogP contribution in [0.25, 0.3) is 0 Å². The number of hydrogen-bond donors (Lipinski definition) is 0. The Morgan fingerprint density at radius 2 is 0.848 bits per heavy atom. The van der Waals surface area contributed by atoms with Crippen molar-refractivity contribution in [2.24, 2.45) is 0 Å². The van der Waals surface area contributed by atoms with E-state index in [1.54, 1.807) is 12.4 Å². The molecule has 2 heterocycles. The highest BCUT2D eigenvalue weighted by molar-refractivity contribution is 5.83. The van der Waals surface area contributed by atoms with Gasteiger partial charge in [0.1, 0.15) is 0 Å². The molecular weight excluding hydrogens is 404 g/mol. The van der Waals surface area contributed by atoms with E-state index in [0.717, 1.165) is 11.6 Å². The van der Waals surface area contributed by atoms with Gasteiger partial charge in [-0.25, -0.2) is 0 Å². The molecule has 4 heteroatoms. The van der Waals surface area contributed by atoms with E-state index in [1.165, 1.54) is 33.6 Å². The molecule has 1 aromatic heterocycles. The van der Waals surface area contributed by atoms with E-state index >= 15 is 0 Å². The Balaban J connectivity index is 2.14. The monoisotopic (exact) mass is 440 g/mol. The minimum atomic E-state index is 0.379. The van der Waals surface area contributed by atoms with Crippen molar-refractivity contribution in [1.82, 2.24) is 19.1 Å². The first-order valence-electron chi connectivity index (χ1n) is 12.2. The molecule has 0 amide bonds. The summed E-state index contributed by atoms with van der Waals surface area (Å²) in [7, 11) is 0. The molecule has 0 aliphatic carbocycles. The molecule has 3 aromatic rings. The molecule has 0 saturated carbocycles. The zero-order valence-electron chi connectivity index (χ0n) is 21.2. The molecule has 4 nitrogen and oxygen atoms in total. The van der Waals surface area contributed by atoms with Crippen LogP contribution >= 0.6 is 0 Å². The first-order valence-corrected chi connectivity index (χ1v) is 12.2. The van der Waals surface area contributed by atoms with E-state index in [-0.39, 0.29) is 0 Å². The summed E-state index contributed by atoms with van der Waals surface area (Å²) < 4.78 is 4.29. The highest BCUT2D eigenvalue weighted by Crippen LogP contribution is 2.42. The maximum atomic E-state index is 4.80. The van der Waals surface area contributed by atoms with Gasteiger partial charge in [-0.05, 0) is 23.7 Å². The molecule has 0 N–H and O–H groups in total. The van der Waals surface area contributed by atoms with Crippen LogP contribution in [-0.2, 0) is 0 Å². The fourth-order valence-corrected chi connectivity index (χ4v) is 4.69. The number of nitrogens with zero attached hydrogens (tertiary/aromatic N) is 4. The minimum absolute atomic E-state index is 0.379. The van der Waals surface area contributed by atoms with Crippen LogP contribution in [0.1, 0.15) is 101 Å². The van der Waals surface area contributed by atoms with Crippen LogP contribution in [0, 0.1) is 0 Å². The lowest BCUT2D eigenvalue weighted by atomic mass is 9.92. The maximum absolute atomic E-state index is 4.80. The molecule has 0 radical (unpaired) electrons. The van der Waals surface area contributed by atoms with Crippen LogP contribution in [-0.4, -0.2) is 16.0 Å². The number of benzene rings is 2. The Kier molecular flexibility index (Phi) is 6.32. The van der Waals surface area contributed by atoms with E-state index in [9.17, 15) is 0 Å². The summed E-state index contributed by atoms with van der Waals surface area (Å²) >= 11 is 0. The summed E-state index contributed by atoms with van der Waals surface area (Å²) in [6.45, 7) is 18.0. The number of fused-ring (bicyclic) bond motifs is 1. The Morgan fingerprint density at radius 1 is 0.545 bits per heavy atom. The third-order valence-electron chi connectivity index (χ3n) is 6.42. The summed E-state index contributed by atoms with van der Waals surface area (Å²) in [5.41, 5.74) is 7.56. The van der Waals surface area contributed by atoms with Gasteiger partial charge in [-0.2, -0.15) is 4.98 Å². The summed E-state index contributed by atoms with van der Waals surface area (Å²) in [6.07, 6.45) is 3.56. The Hall–Kier alpha value is -3.10. The van der Waals surface area contributed by atoms with Gasteiger partial charge in [0.2, 0.25) is 0 Å². The predicted molar refractivity (Wildman–Crippen MR) is 139 cm³/mol. The number of hydrogen-bond acceptors (Lipinski definition) is 2. The third kappa shape index (κ3) is 4.05. The van der Waals surface area contributed by atoms with Crippen LogP contribution in [0.4, 0.5) is 23.0 Å². The van der Waals surface area contributed by atoms with E-state index in [4.69, 9.17) is 9.97 Å². The van der Waals surface area contributed by atoms with Crippen LogP contribution in [0.2, 0.25) is 0 Å². The number of para-hydroxylation sites is 2. The molecule has 33 heavy (non-hydrogen) atoms. The number of rotatable bonds is 6. The Labute approximate surface area is 198 Å². The van der Waals surface area contributed by atoms with E-state index in [1.807, 2.05) is 0 Å². The van der Waals surface area contributed by atoms with Gasteiger partial charge in [-0.3, -0.25) is 0 Å². The smallest absolute Gasteiger partial charge is 0.196 e. The lowest BCUT2D eigenvalue weighted by Crippen LogP contribution is -2.10. The second-order valence-electron chi connectivity index (χ2n) is 10.2. The molecule has 0 atom stereocenters. The van der Waals surface area contributed by atoms with Gasteiger partial charge in [0.05, 0.1) is 6.20 Å². The van der Waals surface area contributed by atoms with Gasteiger partial charge in [0, 0.05) is 27.2 Å². The first kappa shape index (κ1) is 23.1. The SMILES string of the molecule is CC(C)c1cccc(C(C)C)c1[N+]1=C=[N+](c2c(C(C)C)cccc2C(C)C)c2nccnc21. The molecular formula is C29H36N4+2. The van der Waals surface area contributed by atoms with E-state index in [0.29, 0.717) is 23.7 Å². The van der Waals surface area contributed by atoms with Gasteiger partial charge in [0.15, 0.2) is 17.6 Å². The Bertz CT molecular complexity index is 1110. The fourth-order valence-electron chi connectivity index (χ4n) is 4.69. The van der Waals surface area contributed by atoms with Crippen LogP contribution in [0.3, 0.4) is 0 Å². The van der Waals surface area contributed by atoms with E-state index in [2.05, 4.69) is 107 Å². The largest absolute Gasteiger partial charge is 0.480 e. The molecule has 1 aliphatic rings. The van der Waals surface area contributed by atoms with Gasteiger partial charge in [-0.15, -0.1) is 0 Å². The Morgan fingerprint density at radius 3 is 1.12 bits per heavy atom. The molecule has 0 bridgehead atoms. The van der Waals surface area contributed by atoms with Gasteiger partial charge >= 0.3 is 17.6 Å². The average Bonchev–Trinajstić information content (AvgIpc) is 3.16. The fraction of sp³-hybridized carbons (Fsp3) is 0.414. The van der Waals surface area contributed by atoms with Crippen molar-refractivity contribution in [3.8, 4) is 0 Å². The van der Waals surface area contributed by atoms with Gasteiger partial charge in [0.25, 0.3) is 0 Å². The summed E-state index contributed by atoms with van der Waals surface area (Å²) in [4.78, 5) is 9.60. The van der Waals surface area contributed by atoms with Crippen molar-refractivity contribution in [3.05, 3.63) is 71.0 Å². The highest BCUT2D eigenvalue weighted by Gasteiger charge is 2.42. The van der Waals surface area contributed by atoms with Gasteiger partial charge < -0.3 is 0 Å². The van der Waals surface area contributed by atoms with Crippen molar-refractivity contribution in [1.29, 1.82) is 0 Å². The summed E-state index contributed by atoms with van der Waals surface area (Å²) in [5, 5.41) is 0. The second kappa shape index (κ2) is 9.03. The molecule has 0 saturated heterocycles. The van der Waals surface area contributed by atoms with Gasteiger partial charge in [-0.1, -0.05) is 101 Å². The quantitative estimate of drug-likeness (QED) is 0.286. The normalized spacial score (nSPS) is 13.2. The zero-order chi connectivity index (χ0) is 23.9. The average molecular weight is 441 g/mol. The minimum Gasteiger partial charge on any atom is -0.196 e. The van der Waals surface area contributed by atoms with Crippen LogP contribution < -0.4 is 9.15 Å². The molecule has 0 unspecified atom stereocenters. The van der Waals surface area contributed by atoms with Crippen molar-refractivity contribution in [2.75, 3.05) is 0 Å². The van der Waals surface area contributed by atoms with Crippen LogP contribution in [0.5, 0.6) is 0 Å². The lowest BCUT2D eigenvalue weighted by molar-refractivity contribution is 0.810. The highest BCUT2D eigenvalue weighted by atomic mass is 15.3. The third-order valence-corrected chi connectivity index (χ3v) is 6.42. The second-order valence-corrected chi connectivity index (χ2v) is 10.2. The first-order chi connectivity index (χ1) is 15.7. The van der Waals surface area contributed by atoms with E-state index < -0.39 is 0 Å². The zero-order valence-corrected chi connectivity index (χ0v) is 21.2. The molecule has 2 aromatic carbocycles. The van der Waals surface area contributed by atoms with Crippen LogP contribution in [0.15, 0.2) is 48.8 Å². The van der Waals surface area contributed by atoms with Crippen molar-refractivity contribution in [2.45, 2.75) is 79.1 Å². The summed E-state index contributed by atoms with van der Waals surface area (Å²) in [5.74, 6) is 3.18. The predicted octanol–water partition coefficient (Wildman–Crippen LogP) is 7.83. The maximum Gasteiger partial charge on any atom is 0.480 e. The molecule has 4 rings (SSSR count). The summed E-state index contributed by atoms with van der Waals surface area (Å²) in [6, 6.07) is 17.0. The standard InChI is InChI=1S/C29H36N4/c1-18(2)22-11-9-12-23(19(3)4)26(22)32-17-33(29-28(32)30-15-16-31-29)27-24(20(5)6)13-10-14-25(27)21(7)8/h9-16,18-21H,1-8H3/q+2. The van der Waals surface area contributed by atoms with Crippen molar-refractivity contribution >= 4 is 29.0 Å². The molecule has 0 spiro atoms.